The third kappa shape index (κ3) is 2.69. The number of nitrogens with zero attached hydrogens (tertiary/aromatic N) is 1. The number of benzene rings is 2. The number of carbonyl (C=O) groups is 1. The van der Waals surface area contributed by atoms with E-state index in [0.717, 1.165) is 17.4 Å². The molecule has 0 aromatic heterocycles. The van der Waals surface area contributed by atoms with Gasteiger partial charge in [-0.25, -0.2) is 13.6 Å². The highest BCUT2D eigenvalue weighted by atomic mass is 35.5. The summed E-state index contributed by atoms with van der Waals surface area (Å²) in [6.45, 7) is 1.06. The van der Waals surface area contributed by atoms with Gasteiger partial charge >= 0.3 is 6.03 Å². The Hall–Kier alpha value is -2.34. The number of nitrogens with one attached hydrogen (secondary N) is 2. The maximum absolute atomic E-state index is 13.3. The van der Waals surface area contributed by atoms with E-state index in [0.29, 0.717) is 13.1 Å². The summed E-state index contributed by atoms with van der Waals surface area (Å²) in [5.74, 6) is -2.24. The SMILES string of the molecule is O=C(Nc1cc(F)c(F)c(Cl)c1)N1CCNc2ccccc21. The Labute approximate surface area is 130 Å². The lowest BCUT2D eigenvalue weighted by atomic mass is 10.2. The van der Waals surface area contributed by atoms with Crippen molar-refractivity contribution in [2.75, 3.05) is 28.6 Å². The molecule has 2 aromatic carbocycles. The summed E-state index contributed by atoms with van der Waals surface area (Å²) >= 11 is 5.58. The van der Waals surface area contributed by atoms with Crippen molar-refractivity contribution in [2.24, 2.45) is 0 Å². The maximum Gasteiger partial charge on any atom is 0.326 e. The Morgan fingerprint density at radius 2 is 2.05 bits per heavy atom. The van der Waals surface area contributed by atoms with Gasteiger partial charge in [0.1, 0.15) is 0 Å². The zero-order valence-corrected chi connectivity index (χ0v) is 12.1. The molecular weight excluding hydrogens is 312 g/mol. The zero-order chi connectivity index (χ0) is 15.7. The molecular formula is C15H12ClF2N3O. The molecule has 2 N–H and O–H groups in total. The van der Waals surface area contributed by atoms with Gasteiger partial charge in [-0.15, -0.1) is 0 Å². The summed E-state index contributed by atoms with van der Waals surface area (Å²) in [6, 6.07) is 8.99. The first-order valence-corrected chi connectivity index (χ1v) is 7.00. The fourth-order valence-electron chi connectivity index (χ4n) is 2.31. The minimum absolute atomic E-state index is 0.102. The zero-order valence-electron chi connectivity index (χ0n) is 11.4. The smallest absolute Gasteiger partial charge is 0.326 e. The molecule has 0 bridgehead atoms. The van der Waals surface area contributed by atoms with Crippen LogP contribution in [-0.2, 0) is 0 Å². The van der Waals surface area contributed by atoms with Crippen LogP contribution in [-0.4, -0.2) is 19.1 Å². The van der Waals surface area contributed by atoms with Crippen molar-refractivity contribution in [3.63, 3.8) is 0 Å². The molecule has 1 aliphatic heterocycles. The van der Waals surface area contributed by atoms with Crippen molar-refractivity contribution in [1.29, 1.82) is 0 Å². The van der Waals surface area contributed by atoms with E-state index in [4.69, 9.17) is 11.6 Å². The highest BCUT2D eigenvalue weighted by molar-refractivity contribution is 6.31. The largest absolute Gasteiger partial charge is 0.382 e. The number of halogens is 3. The van der Waals surface area contributed by atoms with E-state index in [9.17, 15) is 13.6 Å². The fraction of sp³-hybridized carbons (Fsp3) is 0.133. The van der Waals surface area contributed by atoms with Crippen LogP contribution in [0.1, 0.15) is 0 Å². The summed E-state index contributed by atoms with van der Waals surface area (Å²) in [4.78, 5) is 13.9. The molecule has 7 heteroatoms. The van der Waals surface area contributed by atoms with Crippen LogP contribution in [0.4, 0.5) is 30.6 Å². The molecule has 4 nitrogen and oxygen atoms in total. The molecule has 0 aliphatic carbocycles. The maximum atomic E-state index is 13.3. The van der Waals surface area contributed by atoms with E-state index in [2.05, 4.69) is 10.6 Å². The van der Waals surface area contributed by atoms with E-state index in [1.54, 1.807) is 6.07 Å². The third-order valence-corrected chi connectivity index (χ3v) is 3.60. The molecule has 0 atom stereocenters. The van der Waals surface area contributed by atoms with Crippen LogP contribution in [0.3, 0.4) is 0 Å². The summed E-state index contributed by atoms with van der Waals surface area (Å²) in [6.07, 6.45) is 0. The molecule has 1 heterocycles. The van der Waals surface area contributed by atoms with E-state index in [1.165, 1.54) is 11.0 Å². The molecule has 0 fully saturated rings. The van der Waals surface area contributed by atoms with Crippen LogP contribution in [0.5, 0.6) is 0 Å². The predicted molar refractivity (Wildman–Crippen MR) is 82.7 cm³/mol. The summed E-state index contributed by atoms with van der Waals surface area (Å²) in [5, 5.41) is 5.34. The quantitative estimate of drug-likeness (QED) is 0.777. The van der Waals surface area contributed by atoms with Gasteiger partial charge in [0.2, 0.25) is 0 Å². The normalized spacial score (nSPS) is 13.3. The summed E-state index contributed by atoms with van der Waals surface area (Å²) < 4.78 is 26.5. The molecule has 3 rings (SSSR count). The Bertz CT molecular complexity index is 715. The van der Waals surface area contributed by atoms with Crippen molar-refractivity contribution in [3.8, 4) is 0 Å². The number of hydrogen-bond donors (Lipinski definition) is 2. The second-order valence-corrected chi connectivity index (χ2v) is 5.19. The van der Waals surface area contributed by atoms with Gasteiger partial charge in [0.15, 0.2) is 11.6 Å². The number of amides is 2. The Balaban J connectivity index is 1.84. The molecule has 0 saturated heterocycles. The number of hydrogen-bond acceptors (Lipinski definition) is 2. The van der Waals surface area contributed by atoms with Crippen LogP contribution in [0, 0.1) is 11.6 Å². The first kappa shape index (κ1) is 14.6. The monoisotopic (exact) mass is 323 g/mol. The molecule has 0 spiro atoms. The first-order chi connectivity index (χ1) is 10.6. The number of rotatable bonds is 1. The molecule has 0 unspecified atom stereocenters. The van der Waals surface area contributed by atoms with Crippen LogP contribution in [0.25, 0.3) is 0 Å². The Morgan fingerprint density at radius 1 is 1.27 bits per heavy atom. The number of para-hydroxylation sites is 2. The van der Waals surface area contributed by atoms with Crippen LogP contribution >= 0.6 is 11.6 Å². The van der Waals surface area contributed by atoms with Gasteiger partial charge in [-0.1, -0.05) is 23.7 Å². The third-order valence-electron chi connectivity index (χ3n) is 3.33. The van der Waals surface area contributed by atoms with E-state index < -0.39 is 17.7 Å². The lowest BCUT2D eigenvalue weighted by Crippen LogP contribution is -2.41. The van der Waals surface area contributed by atoms with E-state index in [1.807, 2.05) is 18.2 Å². The number of anilines is 3. The molecule has 0 saturated carbocycles. The van der Waals surface area contributed by atoms with Gasteiger partial charge in [0.05, 0.1) is 16.4 Å². The van der Waals surface area contributed by atoms with Crippen molar-refractivity contribution in [2.45, 2.75) is 0 Å². The van der Waals surface area contributed by atoms with Gasteiger partial charge in [0.25, 0.3) is 0 Å². The van der Waals surface area contributed by atoms with Gasteiger partial charge in [-0.05, 0) is 18.2 Å². The van der Waals surface area contributed by atoms with Gasteiger partial charge in [0, 0.05) is 24.8 Å². The highest BCUT2D eigenvalue weighted by Crippen LogP contribution is 2.29. The number of carbonyl (C=O) groups excluding carboxylic acids is 1. The second kappa shape index (κ2) is 5.81. The standard InChI is InChI=1S/C15H12ClF2N3O/c16-10-7-9(8-11(17)14(10)18)20-15(22)21-6-5-19-12-3-1-2-4-13(12)21/h1-4,7-8,19H,5-6H2,(H,20,22). The van der Waals surface area contributed by atoms with Crippen LogP contribution in [0.15, 0.2) is 36.4 Å². The Kier molecular flexibility index (Phi) is 3.85. The van der Waals surface area contributed by atoms with Crippen molar-refractivity contribution < 1.29 is 13.6 Å². The first-order valence-electron chi connectivity index (χ1n) is 6.62. The van der Waals surface area contributed by atoms with Crippen molar-refractivity contribution in [3.05, 3.63) is 53.1 Å². The lowest BCUT2D eigenvalue weighted by Gasteiger charge is -2.30. The number of urea groups is 1. The molecule has 2 amide bonds. The summed E-state index contributed by atoms with van der Waals surface area (Å²) in [5.41, 5.74) is 1.66. The fourth-order valence-corrected chi connectivity index (χ4v) is 2.52. The van der Waals surface area contributed by atoms with Gasteiger partial charge in [-0.3, -0.25) is 4.90 Å². The molecule has 0 radical (unpaired) electrons. The lowest BCUT2D eigenvalue weighted by molar-refractivity contribution is 0.257. The molecule has 114 valence electrons. The molecule has 1 aliphatic rings. The predicted octanol–water partition coefficient (Wildman–Crippen LogP) is 4.08. The topological polar surface area (TPSA) is 44.4 Å². The highest BCUT2D eigenvalue weighted by Gasteiger charge is 2.22. The second-order valence-electron chi connectivity index (χ2n) is 4.78. The average molecular weight is 324 g/mol. The Morgan fingerprint density at radius 3 is 2.82 bits per heavy atom. The van der Waals surface area contributed by atoms with Crippen LogP contribution in [0.2, 0.25) is 5.02 Å². The minimum Gasteiger partial charge on any atom is -0.382 e. The number of fused-ring (bicyclic) bond motifs is 1. The minimum atomic E-state index is -1.13. The van der Waals surface area contributed by atoms with E-state index in [-0.39, 0.29) is 10.7 Å². The summed E-state index contributed by atoms with van der Waals surface area (Å²) in [7, 11) is 0. The molecule has 2 aromatic rings. The van der Waals surface area contributed by atoms with Crippen LogP contribution < -0.4 is 15.5 Å². The van der Waals surface area contributed by atoms with Crippen molar-refractivity contribution >= 4 is 34.7 Å². The van der Waals surface area contributed by atoms with E-state index >= 15 is 0 Å². The average Bonchev–Trinajstić information content (AvgIpc) is 2.52. The van der Waals surface area contributed by atoms with Gasteiger partial charge in [-0.2, -0.15) is 0 Å². The van der Waals surface area contributed by atoms with Gasteiger partial charge < -0.3 is 10.6 Å². The molecule has 22 heavy (non-hydrogen) atoms. The van der Waals surface area contributed by atoms with Crippen molar-refractivity contribution in [1.82, 2.24) is 0 Å².